The lowest BCUT2D eigenvalue weighted by atomic mass is 10.1. The van der Waals surface area contributed by atoms with E-state index < -0.39 is 66.9 Å². The fraction of sp³-hybridized carbons (Fsp3) is 0.615. The average Bonchev–Trinajstić information content (AvgIpc) is 2.61. The number of hydrazine groups is 1. The molecule has 0 spiro atoms. The monoisotopic (exact) mass is 391 g/mol. The molecule has 27 heavy (non-hydrogen) atoms. The number of carbonyl (C=O) groups excluding carboxylic acids is 5. The van der Waals surface area contributed by atoms with Crippen molar-refractivity contribution in [3.8, 4) is 0 Å². The average molecular weight is 391 g/mol. The van der Waals surface area contributed by atoms with Gasteiger partial charge < -0.3 is 37.6 Å². The molecule has 0 heterocycles. The molecule has 0 rings (SSSR count). The molecule has 0 radical (unpaired) electrons. The second-order valence-corrected chi connectivity index (χ2v) is 5.44. The van der Waals surface area contributed by atoms with Crippen LogP contribution >= 0.6 is 0 Å². The Morgan fingerprint density at radius 3 is 2.00 bits per heavy atom. The molecule has 6 amide bonds. The Balaban J connectivity index is 5.08. The van der Waals surface area contributed by atoms with Gasteiger partial charge in [0.2, 0.25) is 11.8 Å². The Bertz CT molecular complexity index is 569. The van der Waals surface area contributed by atoms with Gasteiger partial charge in [0.15, 0.2) is 0 Å². The molecule has 14 nitrogen and oxygen atoms in total. The maximum Gasteiger partial charge on any atom is 0.315 e. The molecular weight excluding hydrogens is 366 g/mol. The number of urea groups is 1. The second-order valence-electron chi connectivity index (χ2n) is 5.44. The van der Waals surface area contributed by atoms with Crippen LogP contribution in [0.2, 0.25) is 0 Å². The van der Waals surface area contributed by atoms with E-state index in [-0.39, 0.29) is 0 Å². The van der Waals surface area contributed by atoms with E-state index >= 15 is 0 Å². The zero-order valence-electron chi connectivity index (χ0n) is 14.8. The van der Waals surface area contributed by atoms with Crippen molar-refractivity contribution < 1.29 is 34.2 Å². The summed E-state index contributed by atoms with van der Waals surface area (Å²) >= 11 is 0. The first kappa shape index (κ1) is 24.0. The summed E-state index contributed by atoms with van der Waals surface area (Å²) < 4.78 is 0. The van der Waals surface area contributed by atoms with Crippen LogP contribution in [0.3, 0.4) is 0 Å². The SMILES string of the molecule is CNC(=O)N[C@H](C(=O)NC(CC(N)=O)C(=O)NNC(=O)[C@@H](N)CO)C(C)O. The van der Waals surface area contributed by atoms with E-state index in [4.69, 9.17) is 16.6 Å². The van der Waals surface area contributed by atoms with Crippen molar-refractivity contribution in [1.29, 1.82) is 0 Å². The van der Waals surface area contributed by atoms with Gasteiger partial charge in [-0.15, -0.1) is 0 Å². The fourth-order valence-electron chi connectivity index (χ4n) is 1.68. The number of aliphatic hydroxyl groups excluding tert-OH is 2. The van der Waals surface area contributed by atoms with Gasteiger partial charge in [0, 0.05) is 7.05 Å². The molecule has 4 atom stereocenters. The number of carbonyl (C=O) groups is 5. The fourth-order valence-corrected chi connectivity index (χ4v) is 1.68. The maximum atomic E-state index is 12.2. The minimum absolute atomic E-state index is 0.633. The molecule has 0 saturated carbocycles. The number of nitrogens with one attached hydrogen (secondary N) is 5. The van der Waals surface area contributed by atoms with Gasteiger partial charge in [-0.1, -0.05) is 0 Å². The van der Waals surface area contributed by atoms with Crippen LogP contribution in [-0.4, -0.2) is 77.8 Å². The summed E-state index contributed by atoms with van der Waals surface area (Å²) in [5, 5.41) is 24.9. The van der Waals surface area contributed by atoms with Crippen LogP contribution in [0.4, 0.5) is 4.79 Å². The molecule has 0 aliphatic carbocycles. The molecule has 0 aliphatic rings. The number of aliphatic hydroxyl groups is 2. The molecule has 0 aromatic carbocycles. The lowest BCUT2D eigenvalue weighted by molar-refractivity contribution is -0.135. The van der Waals surface area contributed by atoms with Gasteiger partial charge in [-0.2, -0.15) is 0 Å². The largest absolute Gasteiger partial charge is 0.394 e. The number of hydrogen-bond donors (Lipinski definition) is 9. The van der Waals surface area contributed by atoms with E-state index in [2.05, 4.69) is 16.0 Å². The molecular formula is C13H25N7O7. The van der Waals surface area contributed by atoms with E-state index in [0.717, 1.165) is 0 Å². The highest BCUT2D eigenvalue weighted by molar-refractivity contribution is 5.95. The molecule has 11 N–H and O–H groups in total. The standard InChI is InChI=1S/C13H25N7O7/c1-5(22)9(18-13(27)16-2)12(26)17-7(3-8(15)23)11(25)20-19-10(24)6(14)4-21/h5-7,9,21-22H,3-4,14H2,1-2H3,(H2,15,23)(H,17,26)(H,19,24)(H,20,25)(H2,16,18,27)/t5?,6-,7?,9-/m0/s1. The van der Waals surface area contributed by atoms with E-state index in [9.17, 15) is 29.1 Å². The van der Waals surface area contributed by atoms with Crippen molar-refractivity contribution in [3.05, 3.63) is 0 Å². The Labute approximate surface area is 154 Å². The van der Waals surface area contributed by atoms with Crippen LogP contribution in [0.25, 0.3) is 0 Å². The third-order valence-electron chi connectivity index (χ3n) is 3.16. The van der Waals surface area contributed by atoms with Crippen molar-refractivity contribution in [2.45, 2.75) is 37.6 Å². The minimum atomic E-state index is -1.52. The summed E-state index contributed by atoms with van der Waals surface area (Å²) in [5.41, 5.74) is 14.1. The zero-order chi connectivity index (χ0) is 21.1. The Morgan fingerprint density at radius 1 is 1.00 bits per heavy atom. The molecule has 0 aromatic rings. The number of hydrogen-bond acceptors (Lipinski definition) is 8. The van der Waals surface area contributed by atoms with E-state index in [0.29, 0.717) is 0 Å². The van der Waals surface area contributed by atoms with Gasteiger partial charge >= 0.3 is 6.03 Å². The van der Waals surface area contributed by atoms with Crippen LogP contribution in [0.5, 0.6) is 0 Å². The van der Waals surface area contributed by atoms with Gasteiger partial charge in [-0.25, -0.2) is 4.79 Å². The molecule has 2 unspecified atom stereocenters. The number of rotatable bonds is 9. The first-order chi connectivity index (χ1) is 12.5. The highest BCUT2D eigenvalue weighted by Gasteiger charge is 2.30. The predicted molar refractivity (Wildman–Crippen MR) is 90.1 cm³/mol. The van der Waals surface area contributed by atoms with E-state index in [1.807, 2.05) is 10.9 Å². The lowest BCUT2D eigenvalue weighted by Crippen LogP contribution is -2.60. The number of nitrogens with two attached hydrogens (primary N) is 2. The Kier molecular flexibility index (Phi) is 10.3. The van der Waals surface area contributed by atoms with Crippen LogP contribution in [0, 0.1) is 0 Å². The van der Waals surface area contributed by atoms with Gasteiger partial charge in [0.25, 0.3) is 11.8 Å². The van der Waals surface area contributed by atoms with Crippen LogP contribution in [0.15, 0.2) is 0 Å². The number of primary amides is 1. The van der Waals surface area contributed by atoms with Crippen molar-refractivity contribution in [3.63, 3.8) is 0 Å². The second kappa shape index (κ2) is 11.6. The van der Waals surface area contributed by atoms with Gasteiger partial charge in [-0.05, 0) is 6.92 Å². The molecule has 0 aliphatic heterocycles. The van der Waals surface area contributed by atoms with Crippen LogP contribution in [-0.2, 0) is 19.2 Å². The van der Waals surface area contributed by atoms with Gasteiger partial charge in [0.1, 0.15) is 18.1 Å². The third kappa shape index (κ3) is 8.80. The molecule has 0 aromatic heterocycles. The zero-order valence-corrected chi connectivity index (χ0v) is 14.8. The van der Waals surface area contributed by atoms with Crippen molar-refractivity contribution in [1.82, 2.24) is 26.8 Å². The molecule has 14 heteroatoms. The highest BCUT2D eigenvalue weighted by Crippen LogP contribution is 1.98. The first-order valence-corrected chi connectivity index (χ1v) is 7.74. The quantitative estimate of drug-likeness (QED) is 0.171. The summed E-state index contributed by atoms with van der Waals surface area (Å²) in [6.07, 6.45) is -1.96. The molecule has 0 fully saturated rings. The normalized spacial score (nSPS) is 14.7. The van der Waals surface area contributed by atoms with Crippen molar-refractivity contribution in [2.24, 2.45) is 11.5 Å². The van der Waals surface area contributed by atoms with Crippen molar-refractivity contribution in [2.75, 3.05) is 13.7 Å². The summed E-state index contributed by atoms with van der Waals surface area (Å²) in [5.74, 6) is -3.86. The summed E-state index contributed by atoms with van der Waals surface area (Å²) in [6.45, 7) is 0.546. The lowest BCUT2D eigenvalue weighted by Gasteiger charge is -2.24. The summed E-state index contributed by atoms with van der Waals surface area (Å²) in [4.78, 5) is 58.2. The highest BCUT2D eigenvalue weighted by atomic mass is 16.3. The Hall–Kier alpha value is -2.97. The molecule has 0 bridgehead atoms. The summed E-state index contributed by atoms with van der Waals surface area (Å²) in [6, 6.07) is -5.03. The van der Waals surface area contributed by atoms with Gasteiger partial charge in [-0.3, -0.25) is 30.0 Å². The van der Waals surface area contributed by atoms with E-state index in [1.165, 1.54) is 14.0 Å². The summed E-state index contributed by atoms with van der Waals surface area (Å²) in [7, 11) is 1.29. The van der Waals surface area contributed by atoms with Crippen molar-refractivity contribution >= 4 is 29.7 Å². The van der Waals surface area contributed by atoms with Gasteiger partial charge in [0.05, 0.1) is 19.1 Å². The van der Waals surface area contributed by atoms with Crippen LogP contribution in [0.1, 0.15) is 13.3 Å². The maximum absolute atomic E-state index is 12.2. The van der Waals surface area contributed by atoms with E-state index in [1.54, 1.807) is 0 Å². The predicted octanol–water partition coefficient (Wildman–Crippen LogP) is -5.51. The molecule has 0 saturated heterocycles. The minimum Gasteiger partial charge on any atom is -0.394 e. The number of amides is 6. The first-order valence-electron chi connectivity index (χ1n) is 7.74. The smallest absolute Gasteiger partial charge is 0.315 e. The Morgan fingerprint density at radius 2 is 1.56 bits per heavy atom. The molecule has 154 valence electrons. The topological polar surface area (TPSA) is 238 Å². The van der Waals surface area contributed by atoms with Crippen LogP contribution < -0.4 is 38.3 Å². The third-order valence-corrected chi connectivity index (χ3v) is 3.16.